The smallest absolute Gasteiger partial charge is 0.276 e. The fourth-order valence-corrected chi connectivity index (χ4v) is 3.29. The third-order valence-electron chi connectivity index (χ3n) is 4.66. The Morgan fingerprint density at radius 2 is 1.68 bits per heavy atom. The maximum atomic E-state index is 12.4. The molecule has 0 aliphatic heterocycles. The number of amides is 2. The molecule has 3 N–H and O–H groups in total. The van der Waals surface area contributed by atoms with Gasteiger partial charge in [-0.15, -0.1) is 0 Å². The second kappa shape index (κ2) is 12.6. The number of thiocarbonyl (C=S) groups is 1. The van der Waals surface area contributed by atoms with Gasteiger partial charge in [0.05, 0.1) is 6.61 Å². The first-order chi connectivity index (χ1) is 16.4. The van der Waals surface area contributed by atoms with E-state index in [1.165, 1.54) is 5.56 Å². The zero-order valence-corrected chi connectivity index (χ0v) is 20.0. The molecule has 176 valence electrons. The number of ether oxygens (including phenoxy) is 2. The van der Waals surface area contributed by atoms with E-state index in [0.717, 1.165) is 12.0 Å². The molecule has 34 heavy (non-hydrogen) atoms. The van der Waals surface area contributed by atoms with Crippen molar-refractivity contribution >= 4 is 40.7 Å². The van der Waals surface area contributed by atoms with Gasteiger partial charge in [0.15, 0.2) is 11.7 Å². The van der Waals surface area contributed by atoms with Gasteiger partial charge in [-0.2, -0.15) is 0 Å². The summed E-state index contributed by atoms with van der Waals surface area (Å²) in [5, 5.41) is 3.03. The highest BCUT2D eigenvalue weighted by atomic mass is 35.5. The number of carbonyl (C=O) groups is 2. The number of nitrogens with one attached hydrogen (secondary N) is 3. The molecule has 3 aromatic rings. The summed E-state index contributed by atoms with van der Waals surface area (Å²) >= 11 is 11.0. The summed E-state index contributed by atoms with van der Waals surface area (Å²) in [6.07, 6.45) is 0.791. The molecular weight excluding hydrogens is 474 g/mol. The van der Waals surface area contributed by atoms with Crippen LogP contribution in [0.4, 0.5) is 0 Å². The number of aryl methyl sites for hydroxylation is 1. The molecule has 3 rings (SSSR count). The predicted octanol–water partition coefficient (Wildman–Crippen LogP) is 3.98. The van der Waals surface area contributed by atoms with Crippen molar-refractivity contribution in [3.05, 3.63) is 94.5 Å². The van der Waals surface area contributed by atoms with Crippen molar-refractivity contribution in [1.29, 1.82) is 0 Å². The Morgan fingerprint density at radius 3 is 2.38 bits per heavy atom. The van der Waals surface area contributed by atoms with Gasteiger partial charge in [0.2, 0.25) is 0 Å². The molecule has 3 aromatic carbocycles. The molecular formula is C25H24ClN3O4S. The summed E-state index contributed by atoms with van der Waals surface area (Å²) in [5.74, 6) is 0.317. The molecule has 0 fully saturated rings. The van der Waals surface area contributed by atoms with E-state index in [9.17, 15) is 9.59 Å². The van der Waals surface area contributed by atoms with Crippen molar-refractivity contribution in [2.75, 3.05) is 13.2 Å². The van der Waals surface area contributed by atoms with Crippen LogP contribution in [-0.4, -0.2) is 30.1 Å². The van der Waals surface area contributed by atoms with Crippen LogP contribution in [0.5, 0.6) is 11.5 Å². The van der Waals surface area contributed by atoms with E-state index in [1.807, 2.05) is 37.3 Å². The van der Waals surface area contributed by atoms with E-state index in [-0.39, 0.29) is 11.7 Å². The van der Waals surface area contributed by atoms with E-state index in [2.05, 4.69) is 16.2 Å². The van der Waals surface area contributed by atoms with Crippen LogP contribution in [-0.2, 0) is 11.2 Å². The number of hydrogen-bond acceptors (Lipinski definition) is 5. The largest absolute Gasteiger partial charge is 0.493 e. The van der Waals surface area contributed by atoms with E-state index in [1.54, 1.807) is 42.5 Å². The first kappa shape index (κ1) is 25.0. The number of carbonyl (C=O) groups excluding carboxylic acids is 2. The van der Waals surface area contributed by atoms with Crippen molar-refractivity contribution in [2.24, 2.45) is 0 Å². The molecule has 9 heteroatoms. The third-order valence-corrected chi connectivity index (χ3v) is 5.10. The molecule has 7 nitrogen and oxygen atoms in total. The molecule has 0 aliphatic carbocycles. The highest BCUT2D eigenvalue weighted by Crippen LogP contribution is 2.21. The summed E-state index contributed by atoms with van der Waals surface area (Å²) in [6.45, 7) is 2.12. The zero-order chi connectivity index (χ0) is 24.3. The van der Waals surface area contributed by atoms with E-state index in [0.29, 0.717) is 28.7 Å². The van der Waals surface area contributed by atoms with Crippen molar-refractivity contribution in [3.8, 4) is 11.5 Å². The summed E-state index contributed by atoms with van der Waals surface area (Å²) in [5.41, 5.74) is 7.24. The second-order valence-electron chi connectivity index (χ2n) is 7.26. The van der Waals surface area contributed by atoms with Gasteiger partial charge in [-0.05, 0) is 72.7 Å². The van der Waals surface area contributed by atoms with Gasteiger partial charge in [-0.25, -0.2) is 0 Å². The lowest BCUT2D eigenvalue weighted by atomic mass is 10.2. The van der Waals surface area contributed by atoms with Crippen molar-refractivity contribution in [2.45, 2.75) is 13.3 Å². The SMILES string of the molecule is Cc1cc(Cl)ccc1OCC(=O)NNC(=S)NC(=O)c1ccc(OCCc2ccccc2)cc1. The van der Waals surface area contributed by atoms with Gasteiger partial charge in [0.1, 0.15) is 11.5 Å². The Bertz CT molecular complexity index is 1140. The van der Waals surface area contributed by atoms with Crippen LogP contribution in [0.15, 0.2) is 72.8 Å². The maximum Gasteiger partial charge on any atom is 0.276 e. The first-order valence-corrected chi connectivity index (χ1v) is 11.3. The van der Waals surface area contributed by atoms with Crippen LogP contribution in [0.3, 0.4) is 0 Å². The van der Waals surface area contributed by atoms with Crippen LogP contribution in [0.2, 0.25) is 5.02 Å². The Labute approximate surface area is 208 Å². The zero-order valence-electron chi connectivity index (χ0n) is 18.5. The Hall–Kier alpha value is -3.62. The highest BCUT2D eigenvalue weighted by Gasteiger charge is 2.10. The topological polar surface area (TPSA) is 88.7 Å². The lowest BCUT2D eigenvalue weighted by Crippen LogP contribution is -2.49. The van der Waals surface area contributed by atoms with E-state index in [4.69, 9.17) is 33.3 Å². The monoisotopic (exact) mass is 497 g/mol. The molecule has 0 saturated heterocycles. The third kappa shape index (κ3) is 8.06. The van der Waals surface area contributed by atoms with Gasteiger partial charge in [-0.3, -0.25) is 25.8 Å². The molecule has 2 amide bonds. The van der Waals surface area contributed by atoms with Crippen LogP contribution in [0, 0.1) is 6.92 Å². The standard InChI is InChI=1S/C25H24ClN3O4S/c1-17-15-20(26)9-12-22(17)33-16-23(30)28-29-25(34)27-24(31)19-7-10-21(11-8-19)32-14-13-18-5-3-2-4-6-18/h2-12,15H,13-14,16H2,1H3,(H,28,30)(H2,27,29,31,34). The lowest BCUT2D eigenvalue weighted by molar-refractivity contribution is -0.123. The van der Waals surface area contributed by atoms with Gasteiger partial charge in [-0.1, -0.05) is 41.9 Å². The molecule has 0 bridgehead atoms. The normalized spacial score (nSPS) is 10.2. The minimum atomic E-state index is -0.469. The van der Waals surface area contributed by atoms with Crippen LogP contribution in [0.1, 0.15) is 21.5 Å². The molecule has 0 aromatic heterocycles. The average molecular weight is 498 g/mol. The fourth-order valence-electron chi connectivity index (χ4n) is 2.92. The predicted molar refractivity (Wildman–Crippen MR) is 135 cm³/mol. The summed E-state index contributed by atoms with van der Waals surface area (Å²) in [6, 6.07) is 21.8. The molecule has 0 aliphatic rings. The quantitative estimate of drug-likeness (QED) is 0.322. The molecule has 0 unspecified atom stereocenters. The highest BCUT2D eigenvalue weighted by molar-refractivity contribution is 7.80. The Balaban J connectivity index is 1.37. The molecule has 0 radical (unpaired) electrons. The van der Waals surface area contributed by atoms with Crippen molar-refractivity contribution in [1.82, 2.24) is 16.2 Å². The van der Waals surface area contributed by atoms with Crippen molar-refractivity contribution in [3.63, 3.8) is 0 Å². The number of benzene rings is 3. The Morgan fingerprint density at radius 1 is 0.941 bits per heavy atom. The Kier molecular flexibility index (Phi) is 9.25. The summed E-state index contributed by atoms with van der Waals surface area (Å²) < 4.78 is 11.2. The number of hydrazine groups is 1. The average Bonchev–Trinajstić information content (AvgIpc) is 2.83. The number of halogens is 1. The molecule has 0 saturated carbocycles. The molecule has 0 spiro atoms. The van der Waals surface area contributed by atoms with E-state index >= 15 is 0 Å². The number of rotatable bonds is 8. The van der Waals surface area contributed by atoms with Crippen LogP contribution >= 0.6 is 23.8 Å². The van der Waals surface area contributed by atoms with Gasteiger partial charge >= 0.3 is 0 Å². The van der Waals surface area contributed by atoms with Crippen LogP contribution in [0.25, 0.3) is 0 Å². The lowest BCUT2D eigenvalue weighted by Gasteiger charge is -2.12. The molecule has 0 atom stereocenters. The van der Waals surface area contributed by atoms with Crippen molar-refractivity contribution < 1.29 is 19.1 Å². The molecule has 0 heterocycles. The second-order valence-corrected chi connectivity index (χ2v) is 8.11. The summed E-state index contributed by atoms with van der Waals surface area (Å²) in [7, 11) is 0. The van der Waals surface area contributed by atoms with E-state index < -0.39 is 11.8 Å². The van der Waals surface area contributed by atoms with Gasteiger partial charge in [0.25, 0.3) is 11.8 Å². The minimum absolute atomic E-state index is 0.0517. The summed E-state index contributed by atoms with van der Waals surface area (Å²) in [4.78, 5) is 24.3. The number of hydrogen-bond donors (Lipinski definition) is 3. The fraction of sp³-hybridized carbons (Fsp3) is 0.160. The first-order valence-electron chi connectivity index (χ1n) is 10.5. The van der Waals surface area contributed by atoms with Gasteiger partial charge < -0.3 is 9.47 Å². The van der Waals surface area contributed by atoms with Crippen LogP contribution < -0.4 is 25.6 Å². The van der Waals surface area contributed by atoms with Gasteiger partial charge in [0, 0.05) is 17.0 Å². The minimum Gasteiger partial charge on any atom is -0.493 e. The maximum absolute atomic E-state index is 12.4.